The van der Waals surface area contributed by atoms with Crippen molar-refractivity contribution in [2.24, 2.45) is 0 Å². The Hall–Kier alpha value is -1.49. The molecule has 1 saturated carbocycles. The monoisotopic (exact) mass is 318 g/mol. The lowest BCUT2D eigenvalue weighted by atomic mass is 10.2. The minimum Gasteiger partial charge on any atom is -0.344 e. The summed E-state index contributed by atoms with van der Waals surface area (Å²) in [5.41, 5.74) is 2.46. The van der Waals surface area contributed by atoms with E-state index in [2.05, 4.69) is 36.5 Å². The molecule has 1 aromatic carbocycles. The van der Waals surface area contributed by atoms with Crippen LogP contribution in [0.2, 0.25) is 0 Å². The molecule has 1 aromatic rings. The standard InChI is InChI=1S/C17H22N2O2S/c1-12-2-4-13(5-3-12)10-22-11-16(20)18-15-8-9-19(17(15)21)14-6-7-14/h2-5,14-15H,6-11H2,1H3,(H,18,20)/t15-/m1/s1. The number of nitrogens with zero attached hydrogens (tertiary/aromatic N) is 1. The van der Waals surface area contributed by atoms with Gasteiger partial charge in [0.15, 0.2) is 0 Å². The van der Waals surface area contributed by atoms with Gasteiger partial charge in [0.1, 0.15) is 6.04 Å². The SMILES string of the molecule is Cc1ccc(CSCC(=O)N[C@@H]2CCN(C3CC3)C2=O)cc1. The minimum atomic E-state index is -0.298. The lowest BCUT2D eigenvalue weighted by molar-refractivity contribution is -0.132. The fourth-order valence-electron chi connectivity index (χ4n) is 2.77. The largest absolute Gasteiger partial charge is 0.344 e. The maximum absolute atomic E-state index is 12.2. The molecule has 2 amide bonds. The van der Waals surface area contributed by atoms with E-state index in [1.165, 1.54) is 11.1 Å². The van der Waals surface area contributed by atoms with Crippen LogP contribution in [0.3, 0.4) is 0 Å². The number of aryl methyl sites for hydroxylation is 1. The van der Waals surface area contributed by atoms with Gasteiger partial charge >= 0.3 is 0 Å². The third kappa shape index (κ3) is 3.83. The second-order valence-corrected chi connectivity index (χ2v) is 7.14. The molecule has 118 valence electrons. The molecule has 0 bridgehead atoms. The predicted octanol–water partition coefficient (Wildman–Crippen LogP) is 2.11. The Kier molecular flexibility index (Phi) is 4.71. The van der Waals surface area contributed by atoms with Crippen molar-refractivity contribution < 1.29 is 9.59 Å². The van der Waals surface area contributed by atoms with Crippen LogP contribution in [-0.4, -0.2) is 41.1 Å². The van der Waals surface area contributed by atoms with Crippen molar-refractivity contribution in [1.82, 2.24) is 10.2 Å². The highest BCUT2D eigenvalue weighted by molar-refractivity contribution is 7.99. The van der Waals surface area contributed by atoms with Crippen LogP contribution in [0.4, 0.5) is 0 Å². The van der Waals surface area contributed by atoms with Gasteiger partial charge in [-0.05, 0) is 31.7 Å². The van der Waals surface area contributed by atoms with Gasteiger partial charge in [-0.3, -0.25) is 9.59 Å². The van der Waals surface area contributed by atoms with Crippen molar-refractivity contribution in [2.75, 3.05) is 12.3 Å². The summed E-state index contributed by atoms with van der Waals surface area (Å²) in [6.07, 6.45) is 3.00. The molecule has 0 spiro atoms. The first-order valence-corrected chi connectivity index (χ1v) is 9.02. The third-order valence-electron chi connectivity index (χ3n) is 4.19. The number of amides is 2. The third-order valence-corrected chi connectivity index (χ3v) is 5.19. The Morgan fingerprint density at radius 3 is 2.68 bits per heavy atom. The van der Waals surface area contributed by atoms with Gasteiger partial charge in [0.05, 0.1) is 5.75 Å². The van der Waals surface area contributed by atoms with Crippen LogP contribution in [0.5, 0.6) is 0 Å². The molecule has 0 radical (unpaired) electrons. The number of rotatable bonds is 6. The Bertz CT molecular complexity index is 554. The van der Waals surface area contributed by atoms with Gasteiger partial charge in [0, 0.05) is 18.3 Å². The zero-order chi connectivity index (χ0) is 15.5. The number of hydrogen-bond donors (Lipinski definition) is 1. The molecule has 3 rings (SSSR count). The van der Waals surface area contributed by atoms with E-state index in [4.69, 9.17) is 0 Å². The maximum atomic E-state index is 12.2. The number of carbonyl (C=O) groups is 2. The van der Waals surface area contributed by atoms with Gasteiger partial charge in [0.2, 0.25) is 11.8 Å². The fourth-order valence-corrected chi connectivity index (χ4v) is 3.57. The summed E-state index contributed by atoms with van der Waals surface area (Å²) in [4.78, 5) is 26.1. The first-order valence-electron chi connectivity index (χ1n) is 7.86. The highest BCUT2D eigenvalue weighted by atomic mass is 32.2. The molecule has 4 nitrogen and oxygen atoms in total. The first kappa shape index (κ1) is 15.4. The highest BCUT2D eigenvalue weighted by Gasteiger charge is 2.40. The quantitative estimate of drug-likeness (QED) is 0.874. The van der Waals surface area contributed by atoms with Crippen molar-refractivity contribution in [1.29, 1.82) is 0 Å². The minimum absolute atomic E-state index is 0.0342. The Morgan fingerprint density at radius 2 is 2.00 bits per heavy atom. The summed E-state index contributed by atoms with van der Waals surface area (Å²) >= 11 is 1.59. The average molecular weight is 318 g/mol. The van der Waals surface area contributed by atoms with Gasteiger partial charge in [-0.25, -0.2) is 0 Å². The molecule has 2 aliphatic rings. The van der Waals surface area contributed by atoms with E-state index in [9.17, 15) is 9.59 Å². The summed E-state index contributed by atoms with van der Waals surface area (Å²) in [5, 5.41) is 2.89. The second kappa shape index (κ2) is 6.73. The number of benzene rings is 1. The van der Waals surface area contributed by atoms with Gasteiger partial charge in [-0.2, -0.15) is 0 Å². The van der Waals surface area contributed by atoms with E-state index in [0.29, 0.717) is 11.8 Å². The number of nitrogens with one attached hydrogen (secondary N) is 1. The molecule has 1 aliphatic carbocycles. The number of carbonyl (C=O) groups excluding carboxylic acids is 2. The van der Waals surface area contributed by atoms with Gasteiger partial charge in [-0.1, -0.05) is 29.8 Å². The van der Waals surface area contributed by atoms with Crippen LogP contribution in [0, 0.1) is 6.92 Å². The summed E-state index contributed by atoms with van der Waals surface area (Å²) in [6, 6.07) is 8.50. The number of thioether (sulfide) groups is 1. The van der Waals surface area contributed by atoms with Crippen molar-refractivity contribution in [3.8, 4) is 0 Å². The normalized spacial score (nSPS) is 21.2. The van der Waals surface area contributed by atoms with Crippen molar-refractivity contribution in [3.05, 3.63) is 35.4 Å². The van der Waals surface area contributed by atoms with Crippen LogP contribution >= 0.6 is 11.8 Å². The summed E-state index contributed by atoms with van der Waals surface area (Å²) in [5.74, 6) is 1.30. The fraction of sp³-hybridized carbons (Fsp3) is 0.529. The lowest BCUT2D eigenvalue weighted by Gasteiger charge is -2.16. The lowest BCUT2D eigenvalue weighted by Crippen LogP contribution is -2.42. The average Bonchev–Trinajstić information content (AvgIpc) is 3.27. The molecule has 0 unspecified atom stereocenters. The maximum Gasteiger partial charge on any atom is 0.245 e. The van der Waals surface area contributed by atoms with Crippen LogP contribution < -0.4 is 5.32 Å². The zero-order valence-corrected chi connectivity index (χ0v) is 13.7. The van der Waals surface area contributed by atoms with Crippen molar-refractivity contribution >= 4 is 23.6 Å². The van der Waals surface area contributed by atoms with E-state index in [0.717, 1.165) is 31.6 Å². The van der Waals surface area contributed by atoms with Crippen LogP contribution in [0.25, 0.3) is 0 Å². The van der Waals surface area contributed by atoms with E-state index >= 15 is 0 Å². The number of hydrogen-bond acceptors (Lipinski definition) is 3. The molecular formula is C17H22N2O2S. The van der Waals surface area contributed by atoms with Crippen LogP contribution in [0.15, 0.2) is 24.3 Å². The summed E-state index contributed by atoms with van der Waals surface area (Å²) in [6.45, 7) is 2.86. The van der Waals surface area contributed by atoms with Gasteiger partial charge < -0.3 is 10.2 Å². The van der Waals surface area contributed by atoms with E-state index in [-0.39, 0.29) is 17.9 Å². The topological polar surface area (TPSA) is 49.4 Å². The Labute approximate surface area is 135 Å². The van der Waals surface area contributed by atoms with E-state index in [1.807, 2.05) is 4.90 Å². The van der Waals surface area contributed by atoms with E-state index in [1.54, 1.807) is 11.8 Å². The molecule has 1 N–H and O–H groups in total. The molecular weight excluding hydrogens is 296 g/mol. The molecule has 1 saturated heterocycles. The Morgan fingerprint density at radius 1 is 1.27 bits per heavy atom. The predicted molar refractivity (Wildman–Crippen MR) is 88.6 cm³/mol. The molecule has 1 atom stereocenters. The number of likely N-dealkylation sites (tertiary alicyclic amines) is 1. The first-order chi connectivity index (χ1) is 10.6. The van der Waals surface area contributed by atoms with Crippen LogP contribution in [0.1, 0.15) is 30.4 Å². The molecule has 1 heterocycles. The molecule has 22 heavy (non-hydrogen) atoms. The molecule has 5 heteroatoms. The second-order valence-electron chi connectivity index (χ2n) is 6.15. The molecule has 0 aromatic heterocycles. The van der Waals surface area contributed by atoms with Gasteiger partial charge in [-0.15, -0.1) is 11.8 Å². The Balaban J connectivity index is 1.39. The molecule has 2 fully saturated rings. The van der Waals surface area contributed by atoms with Gasteiger partial charge in [0.25, 0.3) is 0 Å². The van der Waals surface area contributed by atoms with Crippen molar-refractivity contribution in [3.63, 3.8) is 0 Å². The smallest absolute Gasteiger partial charge is 0.245 e. The summed E-state index contributed by atoms with van der Waals surface area (Å²) < 4.78 is 0. The van der Waals surface area contributed by atoms with Crippen LogP contribution in [-0.2, 0) is 15.3 Å². The molecule has 1 aliphatic heterocycles. The van der Waals surface area contributed by atoms with E-state index < -0.39 is 0 Å². The summed E-state index contributed by atoms with van der Waals surface area (Å²) in [7, 11) is 0. The van der Waals surface area contributed by atoms with Crippen molar-refractivity contribution in [2.45, 2.75) is 44.0 Å². The zero-order valence-electron chi connectivity index (χ0n) is 12.9. The highest BCUT2D eigenvalue weighted by Crippen LogP contribution is 2.30.